The van der Waals surface area contributed by atoms with Crippen LogP contribution in [0.4, 0.5) is 0 Å². The smallest absolute Gasteiger partial charge is 0.216 e. The van der Waals surface area contributed by atoms with Gasteiger partial charge in [-0.2, -0.15) is 0 Å². The van der Waals surface area contributed by atoms with Gasteiger partial charge in [0.05, 0.1) is 0 Å². The SMILES string of the molecule is CCCCCC(Br)CNC(C)=O. The number of carbonyl (C=O) groups is 1. The van der Waals surface area contributed by atoms with Gasteiger partial charge in [0, 0.05) is 18.3 Å². The Kier molecular flexibility index (Phi) is 7.56. The minimum atomic E-state index is 0.0509. The van der Waals surface area contributed by atoms with E-state index in [-0.39, 0.29) is 5.91 Å². The molecule has 0 aliphatic heterocycles. The van der Waals surface area contributed by atoms with Crippen molar-refractivity contribution >= 4 is 21.8 Å². The molecule has 0 aromatic carbocycles. The van der Waals surface area contributed by atoms with Crippen LogP contribution in [0.1, 0.15) is 39.5 Å². The molecule has 3 heteroatoms. The summed E-state index contributed by atoms with van der Waals surface area (Å²) in [6, 6.07) is 0. The second-order valence-corrected chi connectivity index (χ2v) is 4.33. The van der Waals surface area contributed by atoms with Crippen molar-refractivity contribution in [2.24, 2.45) is 0 Å². The van der Waals surface area contributed by atoms with E-state index >= 15 is 0 Å². The molecule has 2 nitrogen and oxygen atoms in total. The van der Waals surface area contributed by atoms with Crippen LogP contribution in [-0.2, 0) is 4.79 Å². The molecule has 0 saturated carbocycles. The van der Waals surface area contributed by atoms with Gasteiger partial charge in [-0.15, -0.1) is 0 Å². The van der Waals surface area contributed by atoms with Crippen LogP contribution in [0, 0.1) is 0 Å². The van der Waals surface area contributed by atoms with E-state index < -0.39 is 0 Å². The Bertz CT molecular complexity index is 128. The molecule has 1 amide bonds. The zero-order valence-electron chi connectivity index (χ0n) is 7.90. The molecule has 1 atom stereocenters. The van der Waals surface area contributed by atoms with Gasteiger partial charge < -0.3 is 5.32 Å². The van der Waals surface area contributed by atoms with Crippen molar-refractivity contribution in [3.8, 4) is 0 Å². The Morgan fingerprint density at radius 3 is 2.67 bits per heavy atom. The third-order valence-electron chi connectivity index (χ3n) is 1.69. The van der Waals surface area contributed by atoms with Gasteiger partial charge in [0.1, 0.15) is 0 Å². The maximum Gasteiger partial charge on any atom is 0.216 e. The molecular weight excluding hydrogens is 218 g/mol. The quantitative estimate of drug-likeness (QED) is 0.557. The molecule has 0 rings (SSSR count). The van der Waals surface area contributed by atoms with Crippen molar-refractivity contribution in [1.29, 1.82) is 0 Å². The first-order valence-electron chi connectivity index (χ1n) is 4.55. The van der Waals surface area contributed by atoms with E-state index in [0.29, 0.717) is 4.83 Å². The lowest BCUT2D eigenvalue weighted by molar-refractivity contribution is -0.118. The Morgan fingerprint density at radius 2 is 2.17 bits per heavy atom. The fourth-order valence-electron chi connectivity index (χ4n) is 0.972. The molecule has 72 valence electrons. The number of rotatable bonds is 6. The average molecular weight is 236 g/mol. The van der Waals surface area contributed by atoms with Crippen LogP contribution in [0.15, 0.2) is 0 Å². The van der Waals surface area contributed by atoms with Crippen molar-refractivity contribution in [3.63, 3.8) is 0 Å². The van der Waals surface area contributed by atoms with Crippen LogP contribution >= 0.6 is 15.9 Å². The summed E-state index contributed by atoms with van der Waals surface area (Å²) in [7, 11) is 0. The number of halogens is 1. The summed E-state index contributed by atoms with van der Waals surface area (Å²) in [5.74, 6) is 0.0509. The third kappa shape index (κ3) is 8.05. The van der Waals surface area contributed by atoms with E-state index in [2.05, 4.69) is 28.2 Å². The summed E-state index contributed by atoms with van der Waals surface area (Å²) >= 11 is 3.52. The maximum atomic E-state index is 10.5. The van der Waals surface area contributed by atoms with Crippen LogP contribution in [0.5, 0.6) is 0 Å². The minimum absolute atomic E-state index is 0.0509. The highest BCUT2D eigenvalue weighted by molar-refractivity contribution is 9.09. The van der Waals surface area contributed by atoms with Crippen molar-refractivity contribution < 1.29 is 4.79 Å². The molecule has 0 radical (unpaired) electrons. The number of unbranched alkanes of at least 4 members (excludes halogenated alkanes) is 2. The first-order valence-corrected chi connectivity index (χ1v) is 5.47. The Morgan fingerprint density at radius 1 is 1.50 bits per heavy atom. The van der Waals surface area contributed by atoms with Gasteiger partial charge in [0.15, 0.2) is 0 Å². The minimum Gasteiger partial charge on any atom is -0.355 e. The Hall–Kier alpha value is -0.0500. The van der Waals surface area contributed by atoms with Gasteiger partial charge >= 0.3 is 0 Å². The normalized spacial score (nSPS) is 12.6. The zero-order chi connectivity index (χ0) is 9.40. The van der Waals surface area contributed by atoms with Crippen LogP contribution in [-0.4, -0.2) is 17.3 Å². The maximum absolute atomic E-state index is 10.5. The summed E-state index contributed by atoms with van der Waals surface area (Å²) < 4.78 is 0. The fourth-order valence-corrected chi connectivity index (χ4v) is 1.46. The number of amides is 1. The molecule has 1 N–H and O–H groups in total. The van der Waals surface area contributed by atoms with E-state index in [9.17, 15) is 4.79 Å². The van der Waals surface area contributed by atoms with E-state index in [1.807, 2.05) is 0 Å². The number of alkyl halides is 1. The Balaban J connectivity index is 3.21. The molecule has 0 spiro atoms. The molecule has 12 heavy (non-hydrogen) atoms. The number of hydrogen-bond acceptors (Lipinski definition) is 1. The van der Waals surface area contributed by atoms with Crippen molar-refractivity contribution in [1.82, 2.24) is 5.32 Å². The molecular formula is C9H18BrNO. The van der Waals surface area contributed by atoms with Gasteiger partial charge in [-0.05, 0) is 6.42 Å². The van der Waals surface area contributed by atoms with Crippen LogP contribution in [0.25, 0.3) is 0 Å². The zero-order valence-corrected chi connectivity index (χ0v) is 9.49. The topological polar surface area (TPSA) is 29.1 Å². The summed E-state index contributed by atoms with van der Waals surface area (Å²) in [6.07, 6.45) is 4.92. The standard InChI is InChI=1S/C9H18BrNO/c1-3-4-5-6-9(10)7-11-8(2)12/h9H,3-7H2,1-2H3,(H,11,12). The van der Waals surface area contributed by atoms with Crippen molar-refractivity contribution in [2.75, 3.05) is 6.54 Å². The summed E-state index contributed by atoms with van der Waals surface area (Å²) in [6.45, 7) is 4.49. The van der Waals surface area contributed by atoms with E-state index in [0.717, 1.165) is 13.0 Å². The summed E-state index contributed by atoms with van der Waals surface area (Å²) in [4.78, 5) is 11.0. The number of hydrogen-bond donors (Lipinski definition) is 1. The van der Waals surface area contributed by atoms with Gasteiger partial charge in [-0.3, -0.25) is 4.79 Å². The molecule has 0 heterocycles. The number of carbonyl (C=O) groups excluding carboxylic acids is 1. The van der Waals surface area contributed by atoms with Crippen molar-refractivity contribution in [3.05, 3.63) is 0 Å². The fraction of sp³-hybridized carbons (Fsp3) is 0.889. The van der Waals surface area contributed by atoms with E-state index in [1.54, 1.807) is 6.92 Å². The second-order valence-electron chi connectivity index (χ2n) is 3.03. The molecule has 0 fully saturated rings. The highest BCUT2D eigenvalue weighted by Gasteiger charge is 2.03. The van der Waals surface area contributed by atoms with Gasteiger partial charge in [-0.1, -0.05) is 42.1 Å². The molecule has 0 aromatic rings. The predicted molar refractivity (Wildman–Crippen MR) is 55.5 cm³/mol. The molecule has 0 saturated heterocycles. The Labute approximate surface area is 83.2 Å². The summed E-state index contributed by atoms with van der Waals surface area (Å²) in [5, 5.41) is 2.79. The lowest BCUT2D eigenvalue weighted by atomic mass is 10.1. The molecule has 0 bridgehead atoms. The lowest BCUT2D eigenvalue weighted by Gasteiger charge is -2.08. The van der Waals surface area contributed by atoms with Gasteiger partial charge in [0.25, 0.3) is 0 Å². The van der Waals surface area contributed by atoms with E-state index in [4.69, 9.17) is 0 Å². The second kappa shape index (κ2) is 7.59. The van der Waals surface area contributed by atoms with Gasteiger partial charge in [0.2, 0.25) is 5.91 Å². The van der Waals surface area contributed by atoms with Crippen LogP contribution < -0.4 is 5.32 Å². The van der Waals surface area contributed by atoms with E-state index in [1.165, 1.54) is 19.3 Å². The predicted octanol–water partition coefficient (Wildman–Crippen LogP) is 2.47. The highest BCUT2D eigenvalue weighted by atomic mass is 79.9. The first-order chi connectivity index (χ1) is 5.66. The molecule has 0 aliphatic carbocycles. The number of nitrogens with one attached hydrogen (secondary N) is 1. The van der Waals surface area contributed by atoms with Gasteiger partial charge in [-0.25, -0.2) is 0 Å². The molecule has 0 aliphatic rings. The lowest BCUT2D eigenvalue weighted by Crippen LogP contribution is -2.27. The van der Waals surface area contributed by atoms with Crippen molar-refractivity contribution in [2.45, 2.75) is 44.4 Å². The van der Waals surface area contributed by atoms with Crippen LogP contribution in [0.3, 0.4) is 0 Å². The first kappa shape index (κ1) is 11.9. The largest absolute Gasteiger partial charge is 0.355 e. The van der Waals surface area contributed by atoms with Crippen LogP contribution in [0.2, 0.25) is 0 Å². The highest BCUT2D eigenvalue weighted by Crippen LogP contribution is 2.09. The third-order valence-corrected chi connectivity index (χ3v) is 2.47. The molecule has 1 unspecified atom stereocenters. The summed E-state index contributed by atoms with van der Waals surface area (Å²) in [5.41, 5.74) is 0. The average Bonchev–Trinajstić information content (AvgIpc) is 2.01. The monoisotopic (exact) mass is 235 g/mol. The molecule has 0 aromatic heterocycles.